The van der Waals surface area contributed by atoms with E-state index in [-0.39, 0.29) is 5.54 Å². The maximum Gasteiger partial charge on any atom is 0.139 e. The van der Waals surface area contributed by atoms with Gasteiger partial charge < -0.3 is 15.5 Å². The summed E-state index contributed by atoms with van der Waals surface area (Å²) in [6.07, 6.45) is 6.86. The molecule has 0 saturated heterocycles. The third-order valence-electron chi connectivity index (χ3n) is 3.34. The summed E-state index contributed by atoms with van der Waals surface area (Å²) in [4.78, 5) is 4.31. The summed E-state index contributed by atoms with van der Waals surface area (Å²) in [5.74, 6) is 0.864. The van der Waals surface area contributed by atoms with Gasteiger partial charge in [-0.15, -0.1) is 0 Å². The van der Waals surface area contributed by atoms with Gasteiger partial charge in [-0.25, -0.2) is 4.98 Å². The zero-order valence-electron chi connectivity index (χ0n) is 9.07. The summed E-state index contributed by atoms with van der Waals surface area (Å²) >= 11 is 0. The van der Waals surface area contributed by atoms with Crippen molar-refractivity contribution >= 4 is 16.8 Å². The highest BCUT2D eigenvalue weighted by molar-refractivity contribution is 5.87. The normalized spacial score (nSPS) is 18.3. The zero-order valence-corrected chi connectivity index (χ0v) is 9.07. The third-order valence-corrected chi connectivity index (χ3v) is 3.34. The van der Waals surface area contributed by atoms with Crippen LogP contribution in [-0.4, -0.2) is 17.1 Å². The highest BCUT2D eigenvalue weighted by Crippen LogP contribution is 2.30. The minimum Gasteiger partial charge on any atom is -0.464 e. The predicted octanol–water partition coefficient (Wildman–Crippen LogP) is 2.12. The fourth-order valence-corrected chi connectivity index (χ4v) is 2.10. The molecule has 1 aliphatic rings. The highest BCUT2D eigenvalue weighted by atomic mass is 16.3. The molecule has 4 heteroatoms. The molecule has 16 heavy (non-hydrogen) atoms. The number of nitrogens with one attached hydrogen (secondary N) is 1. The van der Waals surface area contributed by atoms with Crippen molar-refractivity contribution in [2.75, 3.05) is 11.9 Å². The topological polar surface area (TPSA) is 64.1 Å². The average Bonchev–Trinajstić information content (AvgIpc) is 2.72. The molecule has 2 heterocycles. The maximum absolute atomic E-state index is 6.16. The first-order valence-corrected chi connectivity index (χ1v) is 5.62. The van der Waals surface area contributed by atoms with Gasteiger partial charge in [0, 0.05) is 18.3 Å². The summed E-state index contributed by atoms with van der Waals surface area (Å²) in [6, 6.07) is 3.79. The Morgan fingerprint density at radius 2 is 2.31 bits per heavy atom. The number of fused-ring (bicyclic) bond motifs is 1. The van der Waals surface area contributed by atoms with Crippen LogP contribution < -0.4 is 11.1 Å². The monoisotopic (exact) mass is 217 g/mol. The lowest BCUT2D eigenvalue weighted by molar-refractivity contribution is 0.265. The lowest BCUT2D eigenvalue weighted by Gasteiger charge is -2.38. The number of furan rings is 1. The highest BCUT2D eigenvalue weighted by Gasteiger charge is 2.32. The van der Waals surface area contributed by atoms with Crippen LogP contribution >= 0.6 is 0 Å². The molecule has 0 amide bonds. The molecular weight excluding hydrogens is 202 g/mol. The van der Waals surface area contributed by atoms with Crippen molar-refractivity contribution in [3.8, 4) is 0 Å². The average molecular weight is 217 g/mol. The van der Waals surface area contributed by atoms with Gasteiger partial charge in [0.2, 0.25) is 0 Å². The Hall–Kier alpha value is -1.55. The van der Waals surface area contributed by atoms with Gasteiger partial charge in [0.05, 0.1) is 11.6 Å². The smallest absolute Gasteiger partial charge is 0.139 e. The fraction of sp³-hybridized carbons (Fsp3) is 0.417. The van der Waals surface area contributed by atoms with E-state index >= 15 is 0 Å². The number of nitrogens with zero attached hydrogens (tertiary/aromatic N) is 1. The van der Waals surface area contributed by atoms with Crippen molar-refractivity contribution in [3.63, 3.8) is 0 Å². The van der Waals surface area contributed by atoms with Crippen LogP contribution in [0, 0.1) is 0 Å². The Balaban J connectivity index is 1.81. The number of rotatable bonds is 3. The first-order chi connectivity index (χ1) is 7.77. The van der Waals surface area contributed by atoms with Gasteiger partial charge in [0.15, 0.2) is 0 Å². The number of nitrogens with two attached hydrogens (primary N) is 1. The summed E-state index contributed by atoms with van der Waals surface area (Å²) < 4.78 is 5.32. The van der Waals surface area contributed by atoms with Gasteiger partial charge >= 0.3 is 0 Å². The van der Waals surface area contributed by atoms with E-state index in [1.54, 1.807) is 12.5 Å². The Labute approximate surface area is 93.8 Å². The summed E-state index contributed by atoms with van der Waals surface area (Å²) in [7, 11) is 0. The van der Waals surface area contributed by atoms with Crippen LogP contribution in [0.4, 0.5) is 5.82 Å². The summed E-state index contributed by atoms with van der Waals surface area (Å²) in [5, 5.41) is 4.34. The number of hydrogen-bond donors (Lipinski definition) is 2. The second-order valence-electron chi connectivity index (χ2n) is 4.56. The fourth-order valence-electron chi connectivity index (χ4n) is 2.10. The molecule has 0 aliphatic heterocycles. The number of hydrogen-bond acceptors (Lipinski definition) is 4. The third kappa shape index (κ3) is 1.55. The van der Waals surface area contributed by atoms with Gasteiger partial charge in [0.1, 0.15) is 11.4 Å². The molecule has 1 aliphatic carbocycles. The first kappa shape index (κ1) is 9.66. The molecule has 84 valence electrons. The lowest BCUT2D eigenvalue weighted by atomic mass is 9.78. The van der Waals surface area contributed by atoms with Crippen LogP contribution in [0.1, 0.15) is 19.3 Å². The Kier molecular flexibility index (Phi) is 2.11. The standard InChI is InChI=1S/C12H15N3O/c13-12(4-1-5-12)8-15-11-9-3-7-16-10(9)2-6-14-11/h2-3,6-7H,1,4-5,8,13H2,(H,14,15). The molecule has 3 rings (SSSR count). The van der Waals surface area contributed by atoms with Gasteiger partial charge in [-0.05, 0) is 31.4 Å². The molecule has 0 spiro atoms. The second-order valence-corrected chi connectivity index (χ2v) is 4.56. The molecule has 2 aromatic rings. The first-order valence-electron chi connectivity index (χ1n) is 5.62. The van der Waals surface area contributed by atoms with E-state index in [1.165, 1.54) is 6.42 Å². The van der Waals surface area contributed by atoms with Crippen molar-refractivity contribution in [1.82, 2.24) is 4.98 Å². The SMILES string of the molecule is NC1(CNc2nccc3occc23)CCC1. The van der Waals surface area contributed by atoms with Gasteiger partial charge in [-0.3, -0.25) is 0 Å². The van der Waals surface area contributed by atoms with E-state index in [0.717, 1.165) is 36.2 Å². The summed E-state index contributed by atoms with van der Waals surface area (Å²) in [5.41, 5.74) is 6.98. The maximum atomic E-state index is 6.16. The minimum atomic E-state index is -0.0341. The van der Waals surface area contributed by atoms with E-state index in [9.17, 15) is 0 Å². The number of pyridine rings is 1. The molecule has 0 radical (unpaired) electrons. The van der Waals surface area contributed by atoms with Gasteiger partial charge in [-0.1, -0.05) is 0 Å². The van der Waals surface area contributed by atoms with Crippen molar-refractivity contribution in [3.05, 3.63) is 24.6 Å². The Morgan fingerprint density at radius 1 is 1.44 bits per heavy atom. The van der Waals surface area contributed by atoms with Gasteiger partial charge in [-0.2, -0.15) is 0 Å². The summed E-state index contributed by atoms with van der Waals surface area (Å²) in [6.45, 7) is 0.782. The van der Waals surface area contributed by atoms with Crippen molar-refractivity contribution in [2.24, 2.45) is 5.73 Å². The molecule has 0 unspecified atom stereocenters. The predicted molar refractivity (Wildman–Crippen MR) is 63.3 cm³/mol. The quantitative estimate of drug-likeness (QED) is 0.826. The molecule has 0 bridgehead atoms. The largest absolute Gasteiger partial charge is 0.464 e. The molecular formula is C12H15N3O. The van der Waals surface area contributed by atoms with Crippen LogP contribution in [-0.2, 0) is 0 Å². The molecule has 1 saturated carbocycles. The zero-order chi connectivity index (χ0) is 11.0. The van der Waals surface area contributed by atoms with Crippen LogP contribution in [0.3, 0.4) is 0 Å². The van der Waals surface area contributed by atoms with Crippen LogP contribution in [0.5, 0.6) is 0 Å². The Morgan fingerprint density at radius 3 is 3.06 bits per heavy atom. The molecule has 0 aromatic carbocycles. The number of aromatic nitrogens is 1. The van der Waals surface area contributed by atoms with E-state index < -0.39 is 0 Å². The molecule has 1 fully saturated rings. The van der Waals surface area contributed by atoms with E-state index in [2.05, 4.69) is 10.3 Å². The Bertz CT molecular complexity index is 502. The van der Waals surface area contributed by atoms with Crippen molar-refractivity contribution < 1.29 is 4.42 Å². The van der Waals surface area contributed by atoms with Crippen LogP contribution in [0.15, 0.2) is 29.0 Å². The van der Waals surface area contributed by atoms with Crippen molar-refractivity contribution in [1.29, 1.82) is 0 Å². The van der Waals surface area contributed by atoms with E-state index in [4.69, 9.17) is 10.2 Å². The number of anilines is 1. The van der Waals surface area contributed by atoms with E-state index in [0.29, 0.717) is 0 Å². The van der Waals surface area contributed by atoms with Gasteiger partial charge in [0.25, 0.3) is 0 Å². The molecule has 2 aromatic heterocycles. The van der Waals surface area contributed by atoms with Crippen LogP contribution in [0.2, 0.25) is 0 Å². The molecule has 3 N–H and O–H groups in total. The molecule has 0 atom stereocenters. The van der Waals surface area contributed by atoms with Crippen molar-refractivity contribution in [2.45, 2.75) is 24.8 Å². The lowest BCUT2D eigenvalue weighted by Crippen LogP contribution is -2.52. The minimum absolute atomic E-state index is 0.0341. The van der Waals surface area contributed by atoms with E-state index in [1.807, 2.05) is 12.1 Å². The van der Waals surface area contributed by atoms with Crippen LogP contribution in [0.25, 0.3) is 11.0 Å². The molecule has 4 nitrogen and oxygen atoms in total. The second kappa shape index (κ2) is 3.49.